The third-order valence-corrected chi connectivity index (χ3v) is 2.98. The highest BCUT2D eigenvalue weighted by Gasteiger charge is 2.26. The van der Waals surface area contributed by atoms with Gasteiger partial charge in [-0.25, -0.2) is 9.37 Å². The van der Waals surface area contributed by atoms with Crippen LogP contribution in [0.5, 0.6) is 0 Å². The number of aromatic nitrogens is 2. The molecule has 0 radical (unpaired) electrons. The molecule has 20 heavy (non-hydrogen) atoms. The van der Waals surface area contributed by atoms with E-state index < -0.39 is 5.82 Å². The number of hydrogen-bond acceptors (Lipinski definition) is 5. The van der Waals surface area contributed by atoms with Crippen LogP contribution in [0, 0.1) is 5.82 Å². The number of nitrogens with one attached hydrogen (secondary N) is 2. The summed E-state index contributed by atoms with van der Waals surface area (Å²) in [6.45, 7) is 0.00804. The van der Waals surface area contributed by atoms with E-state index in [0.717, 1.165) is 6.20 Å². The van der Waals surface area contributed by atoms with Crippen LogP contribution in [0.2, 0.25) is 0 Å². The monoisotopic (exact) mass is 273 g/mol. The Morgan fingerprint density at radius 1 is 1.40 bits per heavy atom. The van der Waals surface area contributed by atoms with Crippen molar-refractivity contribution in [3.63, 3.8) is 0 Å². The molecular weight excluding hydrogens is 261 g/mol. The van der Waals surface area contributed by atoms with E-state index in [1.807, 2.05) is 6.07 Å². The summed E-state index contributed by atoms with van der Waals surface area (Å²) in [5.41, 5.74) is 1.33. The minimum absolute atomic E-state index is 0.00804. The maximum absolute atomic E-state index is 14.0. The Kier molecular flexibility index (Phi) is 2.94. The van der Waals surface area contributed by atoms with E-state index in [4.69, 9.17) is 0 Å². The zero-order valence-electron chi connectivity index (χ0n) is 10.7. The summed E-state index contributed by atoms with van der Waals surface area (Å²) in [5, 5.41) is 5.50. The van der Waals surface area contributed by atoms with Gasteiger partial charge in [-0.15, -0.1) is 0 Å². The highest BCUT2D eigenvalue weighted by atomic mass is 19.1. The Morgan fingerprint density at radius 2 is 2.20 bits per heavy atom. The third kappa shape index (κ3) is 2.03. The smallest absolute Gasteiger partial charge is 0.244 e. The summed E-state index contributed by atoms with van der Waals surface area (Å²) < 4.78 is 14.0. The van der Waals surface area contributed by atoms with E-state index in [1.165, 1.54) is 4.90 Å². The van der Waals surface area contributed by atoms with Gasteiger partial charge in [0.1, 0.15) is 6.54 Å². The van der Waals surface area contributed by atoms with Crippen molar-refractivity contribution in [1.82, 2.24) is 9.97 Å². The summed E-state index contributed by atoms with van der Waals surface area (Å²) in [6, 6.07) is 7.19. The number of halogens is 1. The molecule has 0 aliphatic carbocycles. The van der Waals surface area contributed by atoms with Crippen molar-refractivity contribution >= 4 is 29.0 Å². The molecule has 0 saturated carbocycles. The Bertz CT molecular complexity index is 676. The van der Waals surface area contributed by atoms with Crippen LogP contribution in [0.4, 0.5) is 27.5 Å². The van der Waals surface area contributed by atoms with Gasteiger partial charge in [0.05, 0.1) is 17.6 Å². The average molecular weight is 273 g/mol. The Labute approximate surface area is 114 Å². The number of anilines is 4. The predicted molar refractivity (Wildman–Crippen MR) is 73.6 cm³/mol. The van der Waals surface area contributed by atoms with Gasteiger partial charge >= 0.3 is 0 Å². The lowest BCUT2D eigenvalue weighted by molar-refractivity contribution is -0.115. The molecule has 2 aromatic rings. The van der Waals surface area contributed by atoms with E-state index in [1.54, 1.807) is 25.2 Å². The zero-order chi connectivity index (χ0) is 14.1. The average Bonchev–Trinajstić information content (AvgIpc) is 2.47. The van der Waals surface area contributed by atoms with Gasteiger partial charge in [0.25, 0.3) is 0 Å². The number of carbonyl (C=O) groups excluding carboxylic acids is 1. The van der Waals surface area contributed by atoms with Crippen LogP contribution in [-0.2, 0) is 4.79 Å². The van der Waals surface area contributed by atoms with Gasteiger partial charge in [0.2, 0.25) is 11.9 Å². The Hall–Kier alpha value is -2.70. The number of para-hydroxylation sites is 2. The molecule has 1 aliphatic rings. The van der Waals surface area contributed by atoms with Crippen LogP contribution in [0.3, 0.4) is 0 Å². The maximum Gasteiger partial charge on any atom is 0.244 e. The van der Waals surface area contributed by atoms with Gasteiger partial charge < -0.3 is 15.5 Å². The number of carbonyl (C=O) groups is 1. The molecule has 0 saturated heterocycles. The van der Waals surface area contributed by atoms with Crippen LogP contribution < -0.4 is 15.5 Å². The molecule has 0 spiro atoms. The van der Waals surface area contributed by atoms with Crippen molar-refractivity contribution in [2.45, 2.75) is 0 Å². The summed E-state index contributed by atoms with van der Waals surface area (Å²) in [6.07, 6.45) is 1.09. The van der Waals surface area contributed by atoms with Crippen molar-refractivity contribution in [2.75, 3.05) is 29.1 Å². The first-order valence-electron chi connectivity index (χ1n) is 6.06. The topological polar surface area (TPSA) is 70.2 Å². The first kappa shape index (κ1) is 12.3. The molecule has 1 aromatic heterocycles. The minimum atomic E-state index is -0.575. The summed E-state index contributed by atoms with van der Waals surface area (Å²) >= 11 is 0. The van der Waals surface area contributed by atoms with Crippen LogP contribution >= 0.6 is 0 Å². The van der Waals surface area contributed by atoms with Gasteiger partial charge in [-0.3, -0.25) is 4.79 Å². The number of nitrogens with zero attached hydrogens (tertiary/aromatic N) is 3. The molecule has 3 rings (SSSR count). The molecule has 2 heterocycles. The van der Waals surface area contributed by atoms with Crippen molar-refractivity contribution in [3.8, 4) is 0 Å². The number of amides is 1. The van der Waals surface area contributed by atoms with Crippen molar-refractivity contribution in [3.05, 3.63) is 36.3 Å². The normalized spacial score (nSPS) is 13.7. The molecule has 7 heteroatoms. The lowest BCUT2D eigenvalue weighted by atomic mass is 10.2. The summed E-state index contributed by atoms with van der Waals surface area (Å²) in [7, 11) is 1.65. The molecule has 102 valence electrons. The number of benzene rings is 1. The van der Waals surface area contributed by atoms with Crippen molar-refractivity contribution in [2.24, 2.45) is 0 Å². The lowest BCUT2D eigenvalue weighted by Gasteiger charge is -2.30. The van der Waals surface area contributed by atoms with Gasteiger partial charge in [-0.1, -0.05) is 12.1 Å². The molecule has 0 bridgehead atoms. The minimum Gasteiger partial charge on any atom is -0.357 e. The highest BCUT2D eigenvalue weighted by Crippen LogP contribution is 2.34. The highest BCUT2D eigenvalue weighted by molar-refractivity contribution is 6.02. The van der Waals surface area contributed by atoms with E-state index in [2.05, 4.69) is 20.6 Å². The van der Waals surface area contributed by atoms with Crippen LogP contribution in [0.1, 0.15) is 0 Å². The number of fused-ring (bicyclic) bond motifs is 1. The lowest BCUT2D eigenvalue weighted by Crippen LogP contribution is -2.36. The van der Waals surface area contributed by atoms with Gasteiger partial charge in [-0.2, -0.15) is 4.98 Å². The molecular formula is C13H12FN5O. The van der Waals surface area contributed by atoms with Crippen LogP contribution in [-0.4, -0.2) is 29.5 Å². The van der Waals surface area contributed by atoms with E-state index in [-0.39, 0.29) is 18.3 Å². The largest absolute Gasteiger partial charge is 0.357 e. The Morgan fingerprint density at radius 3 is 3.00 bits per heavy atom. The molecule has 6 nitrogen and oxygen atoms in total. The van der Waals surface area contributed by atoms with Gasteiger partial charge in [-0.05, 0) is 12.1 Å². The third-order valence-electron chi connectivity index (χ3n) is 2.98. The molecule has 0 unspecified atom stereocenters. The van der Waals surface area contributed by atoms with E-state index >= 15 is 0 Å². The Balaban J connectivity index is 2.12. The molecule has 0 atom stereocenters. The standard InChI is InChI=1S/C13H12FN5O/c1-15-13-16-6-8(14)12(18-13)19-7-11(20)17-9-4-2-3-5-10(9)19/h2-6H,7H2,1H3,(H,17,20)(H,15,16,18). The van der Waals surface area contributed by atoms with E-state index in [9.17, 15) is 9.18 Å². The maximum atomic E-state index is 14.0. The first-order valence-corrected chi connectivity index (χ1v) is 6.06. The summed E-state index contributed by atoms with van der Waals surface area (Å²) in [4.78, 5) is 21.2. The van der Waals surface area contributed by atoms with Crippen LogP contribution in [0.25, 0.3) is 0 Å². The number of rotatable bonds is 2. The quantitative estimate of drug-likeness (QED) is 0.872. The van der Waals surface area contributed by atoms with E-state index in [0.29, 0.717) is 17.3 Å². The summed E-state index contributed by atoms with van der Waals surface area (Å²) in [5.74, 6) is -0.419. The first-order chi connectivity index (χ1) is 9.69. The number of hydrogen-bond donors (Lipinski definition) is 2. The fourth-order valence-corrected chi connectivity index (χ4v) is 2.09. The van der Waals surface area contributed by atoms with Gasteiger partial charge in [0, 0.05) is 7.05 Å². The predicted octanol–water partition coefficient (Wildman–Crippen LogP) is 1.75. The SMILES string of the molecule is CNc1ncc(F)c(N2CC(=O)Nc3ccccc32)n1. The molecule has 0 fully saturated rings. The zero-order valence-corrected chi connectivity index (χ0v) is 10.7. The molecule has 1 aromatic carbocycles. The fraction of sp³-hybridized carbons (Fsp3) is 0.154. The molecule has 1 amide bonds. The molecule has 2 N–H and O–H groups in total. The second-order valence-corrected chi connectivity index (χ2v) is 4.27. The fourth-order valence-electron chi connectivity index (χ4n) is 2.09. The second kappa shape index (κ2) is 4.76. The molecule has 1 aliphatic heterocycles. The van der Waals surface area contributed by atoms with Gasteiger partial charge in [0.15, 0.2) is 11.6 Å². The second-order valence-electron chi connectivity index (χ2n) is 4.27. The van der Waals surface area contributed by atoms with Crippen molar-refractivity contribution in [1.29, 1.82) is 0 Å². The van der Waals surface area contributed by atoms with Crippen LogP contribution in [0.15, 0.2) is 30.5 Å². The van der Waals surface area contributed by atoms with Crippen molar-refractivity contribution < 1.29 is 9.18 Å².